The Morgan fingerprint density at radius 2 is 1.68 bits per heavy atom. The molecule has 0 radical (unpaired) electrons. The van der Waals surface area contributed by atoms with Gasteiger partial charge in [-0.3, -0.25) is 0 Å². The Labute approximate surface area is 128 Å². The van der Waals surface area contributed by atoms with E-state index in [-0.39, 0.29) is 0 Å². The van der Waals surface area contributed by atoms with Crippen LogP contribution in [-0.4, -0.2) is 12.4 Å². The van der Waals surface area contributed by atoms with Crippen molar-refractivity contribution in [1.29, 1.82) is 0 Å². The van der Waals surface area contributed by atoms with Gasteiger partial charge in [0.05, 0.1) is 13.2 Å². The molecule has 0 aliphatic carbocycles. The fraction of sp³-hybridized carbons (Fsp3) is 0.250. The molecule has 19 heavy (non-hydrogen) atoms. The van der Waals surface area contributed by atoms with Crippen molar-refractivity contribution < 1.29 is 4.74 Å². The summed E-state index contributed by atoms with van der Waals surface area (Å²) in [5.41, 5.74) is 2.46. The van der Waals surface area contributed by atoms with E-state index in [0.717, 1.165) is 10.2 Å². The van der Waals surface area contributed by atoms with E-state index in [0.29, 0.717) is 19.1 Å². The first-order chi connectivity index (χ1) is 9.31. The van der Waals surface area contributed by atoms with Gasteiger partial charge in [0.15, 0.2) is 0 Å². The van der Waals surface area contributed by atoms with Crippen LogP contribution in [0.3, 0.4) is 0 Å². The molecule has 2 rings (SSSR count). The summed E-state index contributed by atoms with van der Waals surface area (Å²) in [6.45, 7) is 1.31. The highest BCUT2D eigenvalue weighted by Gasteiger charge is 2.09. The smallest absolute Gasteiger partial charge is 0.0728 e. The molecule has 100 valence electrons. The van der Waals surface area contributed by atoms with Gasteiger partial charge in [0.2, 0.25) is 0 Å². The summed E-state index contributed by atoms with van der Waals surface area (Å²) < 4.78 is 6.92. The molecule has 2 aromatic carbocycles. The maximum atomic E-state index is 5.83. The lowest BCUT2D eigenvalue weighted by Crippen LogP contribution is -2.09. The van der Waals surface area contributed by atoms with Gasteiger partial charge in [-0.05, 0) is 22.9 Å². The minimum Gasteiger partial charge on any atom is -0.376 e. The highest BCUT2D eigenvalue weighted by Crippen LogP contribution is 2.20. The van der Waals surface area contributed by atoms with Crippen LogP contribution in [-0.2, 0) is 11.3 Å². The Bertz CT molecular complexity index is 501. The van der Waals surface area contributed by atoms with Crippen LogP contribution in [0.5, 0.6) is 0 Å². The monoisotopic (exact) mass is 336 g/mol. The third-order valence-corrected chi connectivity index (χ3v) is 4.24. The summed E-state index contributed by atoms with van der Waals surface area (Å²) in [6.07, 6.45) is 0. The van der Waals surface area contributed by atoms with Crippen LogP contribution in [0.15, 0.2) is 59.1 Å². The lowest BCUT2D eigenvalue weighted by atomic mass is 10.0. The molecule has 0 saturated heterocycles. The summed E-state index contributed by atoms with van der Waals surface area (Å²) in [7, 11) is 0. The van der Waals surface area contributed by atoms with Crippen LogP contribution in [0.1, 0.15) is 17.0 Å². The molecule has 1 atom stereocenters. The molecule has 0 amide bonds. The lowest BCUT2D eigenvalue weighted by molar-refractivity contribution is 0.111. The second-order valence-corrected chi connectivity index (χ2v) is 5.62. The maximum absolute atomic E-state index is 5.83. The Hall–Kier alpha value is -0.770. The van der Waals surface area contributed by atoms with Gasteiger partial charge in [0, 0.05) is 10.4 Å². The fourth-order valence-electron chi connectivity index (χ4n) is 1.91. The summed E-state index contributed by atoms with van der Waals surface area (Å²) >= 11 is 7.95. The zero-order valence-electron chi connectivity index (χ0n) is 10.6. The standard InChI is InChI=1S/C16H17BrOS/c17-16-9-5-4-8-14(16)10-18-11-15(12-19)13-6-2-1-3-7-13/h1-9,15,19H,10-12H2. The van der Waals surface area contributed by atoms with Gasteiger partial charge in [-0.1, -0.05) is 64.5 Å². The van der Waals surface area contributed by atoms with Crippen molar-refractivity contribution in [2.24, 2.45) is 0 Å². The number of hydrogen-bond donors (Lipinski definition) is 1. The summed E-state index contributed by atoms with van der Waals surface area (Å²) in [6, 6.07) is 18.5. The van der Waals surface area contributed by atoms with E-state index in [1.54, 1.807) is 0 Å². The second-order valence-electron chi connectivity index (χ2n) is 4.40. The maximum Gasteiger partial charge on any atom is 0.0728 e. The Morgan fingerprint density at radius 3 is 2.37 bits per heavy atom. The first kappa shape index (κ1) is 14.6. The lowest BCUT2D eigenvalue weighted by Gasteiger charge is -2.15. The molecule has 1 nitrogen and oxygen atoms in total. The van der Waals surface area contributed by atoms with Gasteiger partial charge in [0.1, 0.15) is 0 Å². The van der Waals surface area contributed by atoms with Gasteiger partial charge in [0.25, 0.3) is 0 Å². The molecule has 0 aliphatic heterocycles. The third kappa shape index (κ3) is 4.37. The minimum absolute atomic E-state index is 0.340. The van der Waals surface area contributed by atoms with Crippen LogP contribution in [0, 0.1) is 0 Å². The van der Waals surface area contributed by atoms with E-state index < -0.39 is 0 Å². The molecule has 0 N–H and O–H groups in total. The Morgan fingerprint density at radius 1 is 1.00 bits per heavy atom. The van der Waals surface area contributed by atoms with E-state index in [4.69, 9.17) is 4.74 Å². The van der Waals surface area contributed by atoms with Crippen molar-refractivity contribution in [3.63, 3.8) is 0 Å². The molecule has 0 heterocycles. The van der Waals surface area contributed by atoms with E-state index in [1.165, 1.54) is 11.1 Å². The van der Waals surface area contributed by atoms with Gasteiger partial charge in [-0.25, -0.2) is 0 Å². The first-order valence-electron chi connectivity index (χ1n) is 6.28. The summed E-state index contributed by atoms with van der Waals surface area (Å²) in [5, 5.41) is 0. The topological polar surface area (TPSA) is 9.23 Å². The second kappa shape index (κ2) is 7.73. The van der Waals surface area contributed by atoms with Gasteiger partial charge >= 0.3 is 0 Å². The molecule has 0 aromatic heterocycles. The molecule has 1 unspecified atom stereocenters. The molecule has 0 saturated carbocycles. The number of ether oxygens (including phenoxy) is 1. The van der Waals surface area contributed by atoms with Gasteiger partial charge in [-0.2, -0.15) is 12.6 Å². The number of rotatable bonds is 6. The van der Waals surface area contributed by atoms with E-state index in [2.05, 4.69) is 58.9 Å². The minimum atomic E-state index is 0.340. The molecule has 0 aliphatic rings. The molecule has 0 spiro atoms. The average molecular weight is 337 g/mol. The average Bonchev–Trinajstić information content (AvgIpc) is 2.46. The van der Waals surface area contributed by atoms with Gasteiger partial charge in [-0.15, -0.1) is 0 Å². The van der Waals surface area contributed by atoms with Crippen molar-refractivity contribution in [3.8, 4) is 0 Å². The fourth-order valence-corrected chi connectivity index (χ4v) is 2.62. The van der Waals surface area contributed by atoms with Gasteiger partial charge < -0.3 is 4.74 Å². The van der Waals surface area contributed by atoms with Crippen molar-refractivity contribution in [3.05, 3.63) is 70.2 Å². The van der Waals surface area contributed by atoms with Crippen molar-refractivity contribution in [2.75, 3.05) is 12.4 Å². The Kier molecular flexibility index (Phi) is 5.95. The van der Waals surface area contributed by atoms with Crippen LogP contribution in [0.2, 0.25) is 0 Å². The summed E-state index contributed by atoms with van der Waals surface area (Å²) in [5.74, 6) is 1.13. The molecule has 3 heteroatoms. The highest BCUT2D eigenvalue weighted by atomic mass is 79.9. The van der Waals surface area contributed by atoms with Crippen LogP contribution >= 0.6 is 28.6 Å². The van der Waals surface area contributed by atoms with Crippen molar-refractivity contribution in [2.45, 2.75) is 12.5 Å². The zero-order chi connectivity index (χ0) is 13.5. The molecule has 0 fully saturated rings. The number of thiol groups is 1. The van der Waals surface area contributed by atoms with Crippen LogP contribution in [0.25, 0.3) is 0 Å². The number of hydrogen-bond acceptors (Lipinski definition) is 2. The molecular weight excluding hydrogens is 320 g/mol. The van der Waals surface area contributed by atoms with E-state index >= 15 is 0 Å². The Balaban J connectivity index is 1.89. The van der Waals surface area contributed by atoms with Crippen LogP contribution < -0.4 is 0 Å². The quantitative estimate of drug-likeness (QED) is 0.753. The molecule has 2 aromatic rings. The van der Waals surface area contributed by atoms with Crippen molar-refractivity contribution in [1.82, 2.24) is 0 Å². The van der Waals surface area contributed by atoms with E-state index in [9.17, 15) is 0 Å². The molecule has 0 bridgehead atoms. The van der Waals surface area contributed by atoms with E-state index in [1.807, 2.05) is 24.3 Å². The first-order valence-corrected chi connectivity index (χ1v) is 7.70. The van der Waals surface area contributed by atoms with Crippen molar-refractivity contribution >= 4 is 28.6 Å². The SMILES string of the molecule is SCC(COCc1ccccc1Br)c1ccccc1. The largest absolute Gasteiger partial charge is 0.376 e. The number of benzene rings is 2. The zero-order valence-corrected chi connectivity index (χ0v) is 13.1. The highest BCUT2D eigenvalue weighted by molar-refractivity contribution is 9.10. The summed E-state index contributed by atoms with van der Waals surface area (Å²) in [4.78, 5) is 0. The predicted molar refractivity (Wildman–Crippen MR) is 86.8 cm³/mol. The molecular formula is C16H17BrOS. The van der Waals surface area contributed by atoms with Crippen LogP contribution in [0.4, 0.5) is 0 Å². The number of halogens is 1. The third-order valence-electron chi connectivity index (χ3n) is 3.03. The predicted octanol–water partition coefficient (Wildman–Crippen LogP) is 4.68. The normalized spacial score (nSPS) is 12.3.